The molecule has 4 nitrogen and oxygen atoms in total. The standard InChI is InChI=1S/C14H21N3OS/c1-5-17-10(6-7-15-17)11(18)8-13-16-12(9-19-13)14(2,3)4/h6-7,9,11,18H,5,8H2,1-4H3. The highest BCUT2D eigenvalue weighted by Crippen LogP contribution is 2.26. The lowest BCUT2D eigenvalue weighted by molar-refractivity contribution is 0.167. The summed E-state index contributed by atoms with van der Waals surface area (Å²) in [5.41, 5.74) is 2.00. The number of hydrogen-bond acceptors (Lipinski definition) is 4. The molecule has 0 fully saturated rings. The van der Waals surface area contributed by atoms with Crippen LogP contribution in [0.15, 0.2) is 17.6 Å². The van der Waals surface area contributed by atoms with E-state index in [0.29, 0.717) is 6.42 Å². The lowest BCUT2D eigenvalue weighted by Crippen LogP contribution is -2.13. The van der Waals surface area contributed by atoms with Crippen molar-refractivity contribution in [1.29, 1.82) is 0 Å². The maximum atomic E-state index is 10.3. The summed E-state index contributed by atoms with van der Waals surface area (Å²) in [7, 11) is 0. The van der Waals surface area contributed by atoms with Crippen molar-refractivity contribution >= 4 is 11.3 Å². The molecule has 0 spiro atoms. The van der Waals surface area contributed by atoms with E-state index in [1.165, 1.54) is 0 Å². The Balaban J connectivity index is 2.11. The smallest absolute Gasteiger partial charge is 0.102 e. The lowest BCUT2D eigenvalue weighted by Gasteiger charge is -2.14. The number of nitrogens with zero attached hydrogens (tertiary/aromatic N) is 3. The van der Waals surface area contributed by atoms with Crippen LogP contribution in [0.5, 0.6) is 0 Å². The average molecular weight is 279 g/mol. The van der Waals surface area contributed by atoms with Gasteiger partial charge in [-0.05, 0) is 13.0 Å². The first-order valence-electron chi connectivity index (χ1n) is 6.56. The molecule has 2 heterocycles. The van der Waals surface area contributed by atoms with Gasteiger partial charge in [-0.25, -0.2) is 4.98 Å². The van der Waals surface area contributed by atoms with E-state index in [2.05, 4.69) is 36.2 Å². The highest BCUT2D eigenvalue weighted by atomic mass is 32.1. The van der Waals surface area contributed by atoms with Crippen LogP contribution in [-0.2, 0) is 18.4 Å². The molecule has 2 aromatic rings. The summed E-state index contributed by atoms with van der Waals surface area (Å²) in [5.74, 6) is 0. The molecule has 0 aliphatic heterocycles. The van der Waals surface area contributed by atoms with Crippen LogP contribution in [0.2, 0.25) is 0 Å². The van der Waals surface area contributed by atoms with Crippen LogP contribution >= 0.6 is 11.3 Å². The molecule has 19 heavy (non-hydrogen) atoms. The summed E-state index contributed by atoms with van der Waals surface area (Å²) in [4.78, 5) is 4.62. The summed E-state index contributed by atoms with van der Waals surface area (Å²) < 4.78 is 1.82. The molecular formula is C14H21N3OS. The van der Waals surface area contributed by atoms with E-state index < -0.39 is 6.10 Å². The lowest BCUT2D eigenvalue weighted by atomic mass is 9.93. The summed E-state index contributed by atoms with van der Waals surface area (Å²) in [6, 6.07) is 1.87. The van der Waals surface area contributed by atoms with Crippen molar-refractivity contribution in [3.63, 3.8) is 0 Å². The van der Waals surface area contributed by atoms with Crippen LogP contribution in [0.3, 0.4) is 0 Å². The van der Waals surface area contributed by atoms with Crippen LogP contribution in [0.4, 0.5) is 0 Å². The van der Waals surface area contributed by atoms with E-state index in [1.807, 2.05) is 17.7 Å². The third-order valence-corrected chi connectivity index (χ3v) is 3.95. The van der Waals surface area contributed by atoms with Gasteiger partial charge in [0.25, 0.3) is 0 Å². The third-order valence-electron chi connectivity index (χ3n) is 3.08. The molecule has 1 N–H and O–H groups in total. The van der Waals surface area contributed by atoms with Crippen LogP contribution < -0.4 is 0 Å². The quantitative estimate of drug-likeness (QED) is 0.936. The Morgan fingerprint density at radius 1 is 1.42 bits per heavy atom. The SMILES string of the molecule is CCn1nccc1C(O)Cc1nc(C(C)(C)C)cs1. The second-order valence-electron chi connectivity index (χ2n) is 5.67. The van der Waals surface area contributed by atoms with Crippen molar-refractivity contribution in [1.82, 2.24) is 14.8 Å². The van der Waals surface area contributed by atoms with Gasteiger partial charge in [-0.3, -0.25) is 4.68 Å². The molecule has 1 unspecified atom stereocenters. The van der Waals surface area contributed by atoms with Gasteiger partial charge in [-0.1, -0.05) is 20.8 Å². The zero-order chi connectivity index (χ0) is 14.0. The number of aryl methyl sites for hydroxylation is 1. The van der Waals surface area contributed by atoms with E-state index in [-0.39, 0.29) is 5.41 Å². The fourth-order valence-corrected chi connectivity index (χ4v) is 2.97. The Kier molecular flexibility index (Phi) is 4.06. The fraction of sp³-hybridized carbons (Fsp3) is 0.571. The minimum absolute atomic E-state index is 0.0604. The molecule has 0 saturated carbocycles. The minimum atomic E-state index is -0.540. The summed E-state index contributed by atoms with van der Waals surface area (Å²) in [6.45, 7) is 9.23. The molecular weight excluding hydrogens is 258 g/mol. The van der Waals surface area contributed by atoms with Crippen molar-refractivity contribution < 1.29 is 5.11 Å². The van der Waals surface area contributed by atoms with Crippen molar-refractivity contribution in [3.05, 3.63) is 34.0 Å². The molecule has 2 rings (SSSR count). The Hall–Kier alpha value is -1.20. The fourth-order valence-electron chi connectivity index (χ4n) is 1.91. The predicted octanol–water partition coefficient (Wildman–Crippen LogP) is 2.93. The topological polar surface area (TPSA) is 50.9 Å². The van der Waals surface area contributed by atoms with Gasteiger partial charge in [-0.15, -0.1) is 11.3 Å². The average Bonchev–Trinajstić information content (AvgIpc) is 2.95. The van der Waals surface area contributed by atoms with Crippen molar-refractivity contribution in [2.75, 3.05) is 0 Å². The molecule has 0 saturated heterocycles. The van der Waals surface area contributed by atoms with Crippen LogP contribution in [-0.4, -0.2) is 19.9 Å². The van der Waals surface area contributed by atoms with Gasteiger partial charge in [0, 0.05) is 30.0 Å². The maximum absolute atomic E-state index is 10.3. The van der Waals surface area contributed by atoms with Gasteiger partial charge in [0.15, 0.2) is 0 Å². The van der Waals surface area contributed by atoms with E-state index in [1.54, 1.807) is 17.5 Å². The van der Waals surface area contributed by atoms with Gasteiger partial charge in [-0.2, -0.15) is 5.10 Å². The molecule has 104 valence electrons. The van der Waals surface area contributed by atoms with E-state index >= 15 is 0 Å². The van der Waals surface area contributed by atoms with Gasteiger partial charge >= 0.3 is 0 Å². The van der Waals surface area contributed by atoms with Crippen molar-refractivity contribution in [2.45, 2.75) is 52.2 Å². The molecule has 0 bridgehead atoms. The van der Waals surface area contributed by atoms with Gasteiger partial charge in [0.1, 0.15) is 6.10 Å². The monoisotopic (exact) mass is 279 g/mol. The summed E-state index contributed by atoms with van der Waals surface area (Å²) in [5, 5.41) is 17.5. The first-order valence-corrected chi connectivity index (χ1v) is 7.44. The van der Waals surface area contributed by atoms with Crippen molar-refractivity contribution in [2.24, 2.45) is 0 Å². The van der Waals surface area contributed by atoms with Crippen molar-refractivity contribution in [3.8, 4) is 0 Å². The highest BCUT2D eigenvalue weighted by Gasteiger charge is 2.20. The van der Waals surface area contributed by atoms with E-state index in [4.69, 9.17) is 0 Å². The van der Waals surface area contributed by atoms with E-state index in [9.17, 15) is 5.11 Å². The Bertz CT molecular complexity index is 539. The van der Waals surface area contributed by atoms with Gasteiger partial charge in [0.05, 0.1) is 16.4 Å². The predicted molar refractivity (Wildman–Crippen MR) is 77.4 cm³/mol. The number of thiazole rings is 1. The number of rotatable bonds is 4. The van der Waals surface area contributed by atoms with Gasteiger partial charge < -0.3 is 5.11 Å². The normalized spacial score (nSPS) is 13.7. The number of aromatic nitrogens is 3. The summed E-state index contributed by atoms with van der Waals surface area (Å²) >= 11 is 1.61. The maximum Gasteiger partial charge on any atom is 0.102 e. The molecule has 1 atom stereocenters. The van der Waals surface area contributed by atoms with Crippen LogP contribution in [0.1, 0.15) is 50.2 Å². The van der Waals surface area contributed by atoms with Crippen LogP contribution in [0.25, 0.3) is 0 Å². The zero-order valence-corrected chi connectivity index (χ0v) is 12.7. The Labute approximate surface area is 118 Å². The third kappa shape index (κ3) is 3.22. The molecule has 0 aliphatic carbocycles. The molecule has 0 amide bonds. The molecule has 5 heteroatoms. The van der Waals surface area contributed by atoms with Gasteiger partial charge in [0.2, 0.25) is 0 Å². The highest BCUT2D eigenvalue weighted by molar-refractivity contribution is 7.09. The minimum Gasteiger partial charge on any atom is -0.386 e. The number of aliphatic hydroxyl groups is 1. The first-order chi connectivity index (χ1) is 8.91. The number of aliphatic hydroxyl groups excluding tert-OH is 1. The first kappa shape index (κ1) is 14.2. The number of hydrogen-bond donors (Lipinski definition) is 1. The summed E-state index contributed by atoms with van der Waals surface area (Å²) in [6.07, 6.45) is 1.73. The molecule has 0 aromatic carbocycles. The largest absolute Gasteiger partial charge is 0.386 e. The van der Waals surface area contributed by atoms with Crippen LogP contribution in [0, 0.1) is 0 Å². The second kappa shape index (κ2) is 5.43. The second-order valence-corrected chi connectivity index (χ2v) is 6.61. The molecule has 0 radical (unpaired) electrons. The van der Waals surface area contributed by atoms with E-state index in [0.717, 1.165) is 22.9 Å². The Morgan fingerprint density at radius 2 is 2.16 bits per heavy atom. The molecule has 0 aliphatic rings. The molecule has 2 aromatic heterocycles. The Morgan fingerprint density at radius 3 is 2.74 bits per heavy atom. The zero-order valence-electron chi connectivity index (χ0n) is 11.9.